The second kappa shape index (κ2) is 12.3. The molecule has 1 atom stereocenters. The predicted molar refractivity (Wildman–Crippen MR) is 133 cm³/mol. The Labute approximate surface area is 208 Å². The van der Waals surface area contributed by atoms with Gasteiger partial charge in [0.25, 0.3) is 0 Å². The van der Waals surface area contributed by atoms with Crippen LogP contribution in [0.3, 0.4) is 0 Å². The molecule has 34 heavy (non-hydrogen) atoms. The molecule has 4 rings (SSSR count). The molecule has 1 amide bonds. The number of likely N-dealkylation sites (tertiary alicyclic amines) is 1. The third kappa shape index (κ3) is 7.29. The maximum atomic E-state index is 13.1. The van der Waals surface area contributed by atoms with Gasteiger partial charge in [0.2, 0.25) is 17.6 Å². The van der Waals surface area contributed by atoms with E-state index in [1.165, 1.54) is 17.7 Å². The summed E-state index contributed by atoms with van der Waals surface area (Å²) >= 11 is 7.77. The van der Waals surface area contributed by atoms with Crippen molar-refractivity contribution in [3.63, 3.8) is 0 Å². The van der Waals surface area contributed by atoms with Crippen LogP contribution < -0.4 is 5.32 Å². The lowest BCUT2D eigenvalue weighted by atomic mass is 9.97. The molecule has 180 valence electrons. The maximum absolute atomic E-state index is 13.1. The third-order valence-electron chi connectivity index (χ3n) is 5.75. The second-order valence-corrected chi connectivity index (χ2v) is 9.96. The van der Waals surface area contributed by atoms with Gasteiger partial charge >= 0.3 is 0 Å². The largest absolute Gasteiger partial charge is 0.356 e. The van der Waals surface area contributed by atoms with Crippen LogP contribution in [0.4, 0.5) is 4.39 Å². The highest BCUT2D eigenvalue weighted by Crippen LogP contribution is 2.21. The zero-order valence-corrected chi connectivity index (χ0v) is 20.5. The Kier molecular flexibility index (Phi) is 8.96. The molecule has 1 N–H and O–H groups in total. The number of benzene rings is 2. The second-order valence-electron chi connectivity index (χ2n) is 8.42. The Balaban J connectivity index is 1.16. The van der Waals surface area contributed by atoms with E-state index in [4.69, 9.17) is 16.1 Å². The van der Waals surface area contributed by atoms with Crippen molar-refractivity contribution in [2.24, 2.45) is 5.92 Å². The van der Waals surface area contributed by atoms with Crippen molar-refractivity contribution in [2.75, 3.05) is 25.4 Å². The van der Waals surface area contributed by atoms with Gasteiger partial charge in [0.1, 0.15) is 5.82 Å². The number of hydrogen-bond acceptors (Lipinski definition) is 6. The van der Waals surface area contributed by atoms with Gasteiger partial charge in [0.05, 0.1) is 12.5 Å². The minimum atomic E-state index is -0.304. The summed E-state index contributed by atoms with van der Waals surface area (Å²) < 4.78 is 18.5. The van der Waals surface area contributed by atoms with Crippen molar-refractivity contribution < 1.29 is 13.7 Å². The predicted octanol–water partition coefficient (Wildman–Crippen LogP) is 5.18. The van der Waals surface area contributed by atoms with Crippen LogP contribution in [-0.4, -0.2) is 46.3 Å². The molecule has 1 aromatic heterocycles. The normalized spacial score (nSPS) is 16.5. The molecule has 2 aromatic carbocycles. The summed E-state index contributed by atoms with van der Waals surface area (Å²) in [7, 11) is 0. The van der Waals surface area contributed by atoms with Crippen LogP contribution in [0.25, 0.3) is 11.4 Å². The highest BCUT2D eigenvalue weighted by atomic mass is 35.5. The van der Waals surface area contributed by atoms with Gasteiger partial charge in [-0.05, 0) is 73.5 Å². The van der Waals surface area contributed by atoms with Gasteiger partial charge in [-0.2, -0.15) is 16.7 Å². The summed E-state index contributed by atoms with van der Waals surface area (Å²) in [6.07, 6.45) is 2.78. The first kappa shape index (κ1) is 24.7. The average molecular weight is 503 g/mol. The summed E-state index contributed by atoms with van der Waals surface area (Å²) in [5.74, 6) is 2.66. The molecular weight excluding hydrogens is 475 g/mol. The summed E-state index contributed by atoms with van der Waals surface area (Å²) in [5.41, 5.74) is 1.96. The van der Waals surface area contributed by atoms with Crippen LogP contribution in [0.2, 0.25) is 5.02 Å². The van der Waals surface area contributed by atoms with Crippen LogP contribution in [0.1, 0.15) is 30.7 Å². The van der Waals surface area contributed by atoms with Crippen molar-refractivity contribution in [3.8, 4) is 11.4 Å². The van der Waals surface area contributed by atoms with Crippen molar-refractivity contribution >= 4 is 29.3 Å². The van der Waals surface area contributed by atoms with E-state index in [0.29, 0.717) is 36.9 Å². The molecule has 1 saturated heterocycles. The molecule has 6 nitrogen and oxygen atoms in total. The van der Waals surface area contributed by atoms with Crippen LogP contribution in [-0.2, 0) is 17.1 Å². The van der Waals surface area contributed by atoms with Gasteiger partial charge in [-0.15, -0.1) is 0 Å². The maximum Gasteiger partial charge on any atom is 0.241 e. The van der Waals surface area contributed by atoms with E-state index >= 15 is 0 Å². The van der Waals surface area contributed by atoms with E-state index in [2.05, 4.69) is 20.4 Å². The number of hydrogen-bond donors (Lipinski definition) is 1. The number of nitrogens with zero attached hydrogens (tertiary/aromatic N) is 3. The van der Waals surface area contributed by atoms with E-state index in [1.54, 1.807) is 12.1 Å². The van der Waals surface area contributed by atoms with Crippen molar-refractivity contribution in [1.29, 1.82) is 0 Å². The molecular formula is C25H28ClFN4O2S. The summed E-state index contributed by atoms with van der Waals surface area (Å²) in [6.45, 7) is 2.75. The lowest BCUT2D eigenvalue weighted by molar-refractivity contribution is -0.126. The van der Waals surface area contributed by atoms with Crippen molar-refractivity contribution in [2.45, 2.75) is 31.6 Å². The molecule has 9 heteroatoms. The smallest absolute Gasteiger partial charge is 0.241 e. The molecule has 0 spiro atoms. The molecule has 0 saturated carbocycles. The van der Waals surface area contributed by atoms with Crippen LogP contribution in [0.5, 0.6) is 0 Å². The molecule has 3 aromatic rings. The summed E-state index contributed by atoms with van der Waals surface area (Å²) in [6, 6.07) is 13.9. The monoisotopic (exact) mass is 502 g/mol. The lowest BCUT2D eigenvalue weighted by Crippen LogP contribution is -2.43. The molecule has 0 aliphatic carbocycles. The van der Waals surface area contributed by atoms with E-state index in [-0.39, 0.29) is 17.6 Å². The molecule has 1 fully saturated rings. The van der Waals surface area contributed by atoms with Gasteiger partial charge in [-0.25, -0.2) is 4.39 Å². The Hall–Kier alpha value is -2.42. The lowest BCUT2D eigenvalue weighted by Gasteiger charge is -2.30. The van der Waals surface area contributed by atoms with Crippen molar-refractivity contribution in [3.05, 3.63) is 70.8 Å². The fourth-order valence-electron chi connectivity index (χ4n) is 3.94. The Morgan fingerprint density at radius 3 is 2.79 bits per heavy atom. The molecule has 2 heterocycles. The first-order valence-corrected chi connectivity index (χ1v) is 13.0. The summed E-state index contributed by atoms with van der Waals surface area (Å²) in [4.78, 5) is 19.3. The number of halogens is 2. The van der Waals surface area contributed by atoms with Gasteiger partial charge in [0.15, 0.2) is 0 Å². The summed E-state index contributed by atoms with van der Waals surface area (Å²) in [5, 5.41) is 7.85. The van der Waals surface area contributed by atoms with Gasteiger partial charge < -0.3 is 9.84 Å². The van der Waals surface area contributed by atoms with Gasteiger partial charge in [-0.3, -0.25) is 9.69 Å². The minimum Gasteiger partial charge on any atom is -0.356 e. The Morgan fingerprint density at radius 1 is 1.21 bits per heavy atom. The number of rotatable bonds is 10. The number of nitrogens with one attached hydrogen (secondary N) is 1. The number of aromatic nitrogens is 2. The van der Waals surface area contributed by atoms with Crippen molar-refractivity contribution in [1.82, 2.24) is 20.4 Å². The Morgan fingerprint density at radius 2 is 2.00 bits per heavy atom. The van der Waals surface area contributed by atoms with E-state index in [1.807, 2.05) is 36.0 Å². The zero-order chi connectivity index (χ0) is 23.8. The quantitative estimate of drug-likeness (QED) is 0.385. The highest BCUT2D eigenvalue weighted by molar-refractivity contribution is 7.98. The average Bonchev–Trinajstić information content (AvgIpc) is 3.31. The van der Waals surface area contributed by atoms with Crippen LogP contribution in [0, 0.1) is 11.7 Å². The first-order valence-electron chi connectivity index (χ1n) is 11.5. The zero-order valence-electron chi connectivity index (χ0n) is 18.9. The SMILES string of the molecule is O=C(NCCCSCc1ccc(Cl)cc1)C1CCCN(Cc2nc(-c3ccc(F)cc3)no2)C1. The number of amides is 1. The van der Waals surface area contributed by atoms with Gasteiger partial charge in [0, 0.05) is 29.4 Å². The highest BCUT2D eigenvalue weighted by Gasteiger charge is 2.26. The van der Waals surface area contributed by atoms with E-state index < -0.39 is 0 Å². The van der Waals surface area contributed by atoms with Gasteiger partial charge in [-0.1, -0.05) is 28.9 Å². The fraction of sp³-hybridized carbons (Fsp3) is 0.400. The van der Waals surface area contributed by atoms with E-state index in [9.17, 15) is 9.18 Å². The molecule has 1 unspecified atom stereocenters. The van der Waals surface area contributed by atoms with E-state index in [0.717, 1.165) is 42.3 Å². The fourth-order valence-corrected chi connectivity index (χ4v) is 4.99. The number of piperidine rings is 1. The number of carbonyl (C=O) groups excluding carboxylic acids is 1. The van der Waals surface area contributed by atoms with Crippen LogP contribution in [0.15, 0.2) is 53.1 Å². The van der Waals surface area contributed by atoms with Crippen LogP contribution >= 0.6 is 23.4 Å². The molecule has 1 aliphatic heterocycles. The Bertz CT molecular complexity index is 1060. The standard InChI is InChI=1S/C25H28ClFN4O2S/c26-21-8-4-18(5-9-21)17-34-14-2-12-28-25(32)20-3-1-13-31(15-20)16-23-29-24(30-33-23)19-6-10-22(27)11-7-19/h4-11,20H,1-3,12-17H2,(H,28,32). The first-order chi connectivity index (χ1) is 16.6. The number of thioether (sulfide) groups is 1. The molecule has 0 bridgehead atoms. The topological polar surface area (TPSA) is 71.3 Å². The molecule has 0 radical (unpaired) electrons. The minimum absolute atomic E-state index is 0.0324. The third-order valence-corrected chi connectivity index (χ3v) is 7.12. The number of carbonyl (C=O) groups is 1. The molecule has 1 aliphatic rings.